The molecule has 0 aliphatic carbocycles. The Labute approximate surface area is 98.5 Å². The van der Waals surface area contributed by atoms with Gasteiger partial charge in [-0.2, -0.15) is 0 Å². The number of aromatic amines is 1. The lowest BCUT2D eigenvalue weighted by molar-refractivity contribution is 0.459. The maximum absolute atomic E-state index is 11.2. The number of nitrogens with one attached hydrogen (secondary N) is 2. The largest absolute Gasteiger partial charge is 0.439 e. The van der Waals surface area contributed by atoms with Crippen LogP contribution < -0.4 is 15.6 Å². The Kier molecular flexibility index (Phi) is 3.09. The average molecular weight is 231 g/mol. The molecule has 0 saturated heterocycles. The molecule has 0 saturated carbocycles. The first-order valence-electron chi connectivity index (χ1n) is 5.21. The molecule has 0 fully saturated rings. The molecule has 2 aromatic rings. The molecule has 2 rings (SSSR count). The van der Waals surface area contributed by atoms with Gasteiger partial charge in [-0.05, 0) is 31.2 Å². The van der Waals surface area contributed by atoms with E-state index in [0.29, 0.717) is 17.5 Å². The van der Waals surface area contributed by atoms with Crippen LogP contribution in [0.1, 0.15) is 5.82 Å². The highest BCUT2D eigenvalue weighted by molar-refractivity contribution is 5.46. The Bertz CT molecular complexity index is 561. The third kappa shape index (κ3) is 2.84. The van der Waals surface area contributed by atoms with Crippen LogP contribution in [0.25, 0.3) is 0 Å². The average Bonchev–Trinajstić information content (AvgIpc) is 2.28. The number of rotatable bonds is 3. The summed E-state index contributed by atoms with van der Waals surface area (Å²) in [5.41, 5.74) is 0.770. The van der Waals surface area contributed by atoms with Crippen molar-refractivity contribution < 1.29 is 4.74 Å². The van der Waals surface area contributed by atoms with E-state index in [1.54, 1.807) is 6.92 Å². The molecular weight excluding hydrogens is 218 g/mol. The molecule has 1 aromatic carbocycles. The molecular formula is C12H13N3O2. The van der Waals surface area contributed by atoms with Gasteiger partial charge >= 0.3 is 0 Å². The molecule has 0 unspecified atom stereocenters. The Hall–Kier alpha value is -2.30. The van der Waals surface area contributed by atoms with Crippen molar-refractivity contribution in [3.8, 4) is 11.6 Å². The second-order valence-corrected chi connectivity index (χ2v) is 3.55. The van der Waals surface area contributed by atoms with Crippen LogP contribution in [0.4, 0.5) is 5.69 Å². The lowest BCUT2D eigenvalue weighted by Gasteiger charge is -2.05. The molecule has 17 heavy (non-hydrogen) atoms. The van der Waals surface area contributed by atoms with Gasteiger partial charge in [-0.1, -0.05) is 0 Å². The number of hydrogen-bond donors (Lipinski definition) is 2. The molecule has 0 radical (unpaired) electrons. The van der Waals surface area contributed by atoms with Crippen LogP contribution in [0.5, 0.6) is 11.6 Å². The molecule has 88 valence electrons. The number of hydrogen-bond acceptors (Lipinski definition) is 4. The zero-order valence-electron chi connectivity index (χ0n) is 9.65. The molecule has 0 aliphatic rings. The number of aryl methyl sites for hydroxylation is 1. The van der Waals surface area contributed by atoms with Crippen LogP contribution in [-0.2, 0) is 0 Å². The number of aromatic nitrogens is 2. The van der Waals surface area contributed by atoms with Crippen molar-refractivity contribution in [1.82, 2.24) is 9.97 Å². The Balaban J connectivity index is 2.22. The molecule has 0 bridgehead atoms. The van der Waals surface area contributed by atoms with E-state index in [4.69, 9.17) is 4.74 Å². The molecule has 1 heterocycles. The number of anilines is 1. The molecule has 5 heteroatoms. The maximum atomic E-state index is 11.2. The quantitative estimate of drug-likeness (QED) is 0.846. The van der Waals surface area contributed by atoms with Crippen LogP contribution in [0.3, 0.4) is 0 Å². The summed E-state index contributed by atoms with van der Waals surface area (Å²) in [5, 5.41) is 3.01. The number of benzene rings is 1. The number of ether oxygens (including phenoxy) is 1. The Morgan fingerprint density at radius 2 is 2.00 bits per heavy atom. The summed E-state index contributed by atoms with van der Waals surface area (Å²) in [6.45, 7) is 1.71. The summed E-state index contributed by atoms with van der Waals surface area (Å²) in [4.78, 5) is 17.9. The zero-order chi connectivity index (χ0) is 12.3. The van der Waals surface area contributed by atoms with Gasteiger partial charge in [0.25, 0.3) is 5.56 Å². The van der Waals surface area contributed by atoms with E-state index >= 15 is 0 Å². The summed E-state index contributed by atoms with van der Waals surface area (Å²) in [7, 11) is 1.84. The van der Waals surface area contributed by atoms with Crippen LogP contribution in [0, 0.1) is 6.92 Å². The van der Waals surface area contributed by atoms with Crippen LogP contribution in [0.15, 0.2) is 35.1 Å². The van der Waals surface area contributed by atoms with Gasteiger partial charge in [0.05, 0.1) is 6.07 Å². The number of nitrogens with zero attached hydrogens (tertiary/aromatic N) is 1. The molecule has 0 amide bonds. The van der Waals surface area contributed by atoms with E-state index in [0.717, 1.165) is 5.69 Å². The third-order valence-electron chi connectivity index (χ3n) is 2.20. The van der Waals surface area contributed by atoms with Gasteiger partial charge in [0.15, 0.2) is 0 Å². The first-order chi connectivity index (χ1) is 8.17. The van der Waals surface area contributed by atoms with E-state index in [-0.39, 0.29) is 5.56 Å². The van der Waals surface area contributed by atoms with Crippen molar-refractivity contribution in [2.45, 2.75) is 6.92 Å². The van der Waals surface area contributed by atoms with E-state index in [9.17, 15) is 4.79 Å². The molecule has 5 nitrogen and oxygen atoms in total. The summed E-state index contributed by atoms with van der Waals surface area (Å²) >= 11 is 0. The molecule has 0 spiro atoms. The van der Waals surface area contributed by atoms with Crippen molar-refractivity contribution in [1.29, 1.82) is 0 Å². The minimum Gasteiger partial charge on any atom is -0.439 e. The van der Waals surface area contributed by atoms with E-state index in [1.807, 2.05) is 31.3 Å². The molecule has 1 aromatic heterocycles. The Morgan fingerprint density at radius 3 is 2.59 bits per heavy atom. The van der Waals surface area contributed by atoms with E-state index in [2.05, 4.69) is 15.3 Å². The van der Waals surface area contributed by atoms with Gasteiger partial charge in [0.2, 0.25) is 5.88 Å². The lowest BCUT2D eigenvalue weighted by Crippen LogP contribution is -2.08. The smallest absolute Gasteiger partial charge is 0.254 e. The second-order valence-electron chi connectivity index (χ2n) is 3.55. The summed E-state index contributed by atoms with van der Waals surface area (Å²) < 4.78 is 5.48. The van der Waals surface area contributed by atoms with Crippen molar-refractivity contribution >= 4 is 5.69 Å². The summed E-state index contributed by atoms with van der Waals surface area (Å²) in [6, 6.07) is 8.71. The van der Waals surface area contributed by atoms with E-state index in [1.165, 1.54) is 6.07 Å². The highest BCUT2D eigenvalue weighted by Gasteiger charge is 2.01. The van der Waals surface area contributed by atoms with Gasteiger partial charge < -0.3 is 15.0 Å². The van der Waals surface area contributed by atoms with Gasteiger partial charge in [0.1, 0.15) is 11.6 Å². The second kappa shape index (κ2) is 4.69. The molecule has 0 atom stereocenters. The lowest BCUT2D eigenvalue weighted by atomic mass is 10.3. The van der Waals surface area contributed by atoms with E-state index < -0.39 is 0 Å². The van der Waals surface area contributed by atoms with Gasteiger partial charge in [0, 0.05) is 12.7 Å². The van der Waals surface area contributed by atoms with Crippen LogP contribution in [0.2, 0.25) is 0 Å². The fourth-order valence-electron chi connectivity index (χ4n) is 1.41. The van der Waals surface area contributed by atoms with Crippen molar-refractivity contribution in [2.24, 2.45) is 0 Å². The van der Waals surface area contributed by atoms with Crippen molar-refractivity contribution in [3.05, 3.63) is 46.5 Å². The van der Waals surface area contributed by atoms with Crippen LogP contribution >= 0.6 is 0 Å². The van der Waals surface area contributed by atoms with Crippen LogP contribution in [-0.4, -0.2) is 17.0 Å². The highest BCUT2D eigenvalue weighted by Crippen LogP contribution is 2.20. The highest BCUT2D eigenvalue weighted by atomic mass is 16.5. The maximum Gasteiger partial charge on any atom is 0.254 e. The topological polar surface area (TPSA) is 67.0 Å². The third-order valence-corrected chi connectivity index (χ3v) is 2.20. The SMILES string of the molecule is CNc1ccc(Oc2cc(=O)[nH]c(C)n2)cc1. The van der Waals surface area contributed by atoms with Crippen molar-refractivity contribution in [2.75, 3.05) is 12.4 Å². The van der Waals surface area contributed by atoms with Gasteiger partial charge in [-0.25, -0.2) is 4.98 Å². The monoisotopic (exact) mass is 231 g/mol. The first-order valence-corrected chi connectivity index (χ1v) is 5.21. The molecule has 0 aliphatic heterocycles. The summed E-state index contributed by atoms with van der Waals surface area (Å²) in [6.07, 6.45) is 0. The minimum absolute atomic E-state index is 0.223. The minimum atomic E-state index is -0.223. The zero-order valence-corrected chi connectivity index (χ0v) is 9.65. The normalized spacial score (nSPS) is 10.0. The summed E-state index contributed by atoms with van der Waals surface area (Å²) in [5.74, 6) is 1.46. The fourth-order valence-corrected chi connectivity index (χ4v) is 1.41. The van der Waals surface area contributed by atoms with Crippen molar-refractivity contribution in [3.63, 3.8) is 0 Å². The van der Waals surface area contributed by atoms with Gasteiger partial charge in [-0.3, -0.25) is 4.79 Å². The predicted octanol–water partition coefficient (Wildman–Crippen LogP) is 1.91. The number of H-pyrrole nitrogens is 1. The predicted molar refractivity (Wildman–Crippen MR) is 65.7 cm³/mol. The standard InChI is InChI=1S/C12H13N3O2/c1-8-14-11(16)7-12(15-8)17-10-5-3-9(13-2)4-6-10/h3-7,13H,1-2H3,(H,14,15,16). The Morgan fingerprint density at radius 1 is 1.29 bits per heavy atom. The fraction of sp³-hybridized carbons (Fsp3) is 0.167. The first kappa shape index (κ1) is 11.2. The molecule has 2 N–H and O–H groups in total. The van der Waals surface area contributed by atoms with Gasteiger partial charge in [-0.15, -0.1) is 0 Å².